The average Bonchev–Trinajstić information content (AvgIpc) is 3.11. The number of anilines is 1. The summed E-state index contributed by atoms with van der Waals surface area (Å²) in [6, 6.07) is 13.2. The van der Waals surface area contributed by atoms with Crippen LogP contribution >= 0.6 is 0 Å². The van der Waals surface area contributed by atoms with Crippen LogP contribution in [-0.2, 0) is 24.3 Å². The third-order valence-corrected chi connectivity index (χ3v) is 6.82. The molecule has 2 aliphatic rings. The number of hydrogen-bond acceptors (Lipinski definition) is 7. The monoisotopic (exact) mass is 433 g/mol. The fourth-order valence-electron chi connectivity index (χ4n) is 4.04. The lowest BCUT2D eigenvalue weighted by atomic mass is 9.84. The lowest BCUT2D eigenvalue weighted by molar-refractivity contribution is -0.156. The fraction of sp³-hybridized carbons (Fsp3) is 0.381. The third-order valence-electron chi connectivity index (χ3n) is 5.43. The van der Waals surface area contributed by atoms with E-state index in [0.29, 0.717) is 17.9 Å². The normalized spacial score (nSPS) is 25.0. The molecule has 2 aliphatic heterocycles. The molecule has 0 radical (unpaired) electrons. The van der Waals surface area contributed by atoms with Crippen LogP contribution in [0.3, 0.4) is 0 Å². The van der Waals surface area contributed by atoms with E-state index < -0.39 is 34.3 Å². The van der Waals surface area contributed by atoms with Crippen molar-refractivity contribution in [2.24, 2.45) is 0 Å². The summed E-state index contributed by atoms with van der Waals surface area (Å²) in [6.45, 7) is -0.250. The van der Waals surface area contributed by atoms with Crippen LogP contribution in [0.25, 0.3) is 0 Å². The molecule has 1 saturated heterocycles. The summed E-state index contributed by atoms with van der Waals surface area (Å²) in [6.07, 6.45) is -0.838. The van der Waals surface area contributed by atoms with Crippen molar-refractivity contribution in [3.05, 3.63) is 54.1 Å². The van der Waals surface area contributed by atoms with Crippen molar-refractivity contribution in [3.63, 3.8) is 0 Å². The number of aliphatic hydroxyl groups excluding tert-OH is 1. The van der Waals surface area contributed by atoms with Crippen molar-refractivity contribution in [2.45, 2.75) is 42.0 Å². The predicted molar refractivity (Wildman–Crippen MR) is 108 cm³/mol. The van der Waals surface area contributed by atoms with E-state index in [0.717, 1.165) is 5.56 Å². The smallest absolute Gasteiger partial charge is 0.308 e. The molecule has 0 bridgehead atoms. The van der Waals surface area contributed by atoms with Crippen molar-refractivity contribution in [2.75, 3.05) is 18.4 Å². The van der Waals surface area contributed by atoms with Crippen LogP contribution in [0.5, 0.6) is 5.75 Å². The molecule has 160 valence electrons. The summed E-state index contributed by atoms with van der Waals surface area (Å²) in [7, 11) is -2.41. The van der Waals surface area contributed by atoms with Gasteiger partial charge in [-0.3, -0.25) is 9.52 Å². The highest BCUT2D eigenvalue weighted by molar-refractivity contribution is 7.92. The minimum atomic E-state index is -3.72. The lowest BCUT2D eigenvalue weighted by Crippen LogP contribution is -2.46. The second-order valence-electron chi connectivity index (χ2n) is 7.36. The first kappa shape index (κ1) is 20.6. The zero-order chi connectivity index (χ0) is 21.3. The van der Waals surface area contributed by atoms with E-state index in [1.165, 1.54) is 19.2 Å². The SMILES string of the molecule is COC(=O)C[C@H]1C[C@@H]2c3cc(NS(=O)(=O)c4ccccc4)ccc3O[C@@H]2[C@@H](CO)O1. The number of carbonyl (C=O) groups excluding carboxylic acids is 1. The van der Waals surface area contributed by atoms with Gasteiger partial charge >= 0.3 is 5.97 Å². The molecule has 0 amide bonds. The molecule has 9 heteroatoms. The summed E-state index contributed by atoms with van der Waals surface area (Å²) >= 11 is 0. The van der Waals surface area contributed by atoms with Crippen LogP contribution in [0.1, 0.15) is 24.3 Å². The first-order valence-corrected chi connectivity index (χ1v) is 11.1. The second-order valence-corrected chi connectivity index (χ2v) is 9.04. The Hall–Kier alpha value is -2.62. The van der Waals surface area contributed by atoms with Crippen molar-refractivity contribution in [1.82, 2.24) is 0 Å². The van der Waals surface area contributed by atoms with Gasteiger partial charge in [0.05, 0.1) is 31.1 Å². The summed E-state index contributed by atoms with van der Waals surface area (Å²) in [5.41, 5.74) is 1.24. The highest BCUT2D eigenvalue weighted by Crippen LogP contribution is 2.47. The second kappa shape index (κ2) is 8.25. The van der Waals surface area contributed by atoms with E-state index >= 15 is 0 Å². The fourth-order valence-corrected chi connectivity index (χ4v) is 5.11. The van der Waals surface area contributed by atoms with Gasteiger partial charge < -0.3 is 19.3 Å². The van der Waals surface area contributed by atoms with E-state index in [9.17, 15) is 18.3 Å². The Morgan fingerprint density at radius 2 is 2.00 bits per heavy atom. The van der Waals surface area contributed by atoms with Crippen molar-refractivity contribution >= 4 is 21.7 Å². The number of fused-ring (bicyclic) bond motifs is 3. The van der Waals surface area contributed by atoms with E-state index in [2.05, 4.69) is 4.72 Å². The molecule has 30 heavy (non-hydrogen) atoms. The number of ether oxygens (including phenoxy) is 3. The highest BCUT2D eigenvalue weighted by Gasteiger charge is 2.46. The molecule has 4 rings (SSSR count). The molecule has 0 aromatic heterocycles. The van der Waals surface area contributed by atoms with E-state index in [-0.39, 0.29) is 23.8 Å². The van der Waals surface area contributed by atoms with Crippen LogP contribution in [0, 0.1) is 0 Å². The molecule has 0 saturated carbocycles. The molecular weight excluding hydrogens is 410 g/mol. The van der Waals surface area contributed by atoms with Gasteiger partial charge in [-0.2, -0.15) is 0 Å². The molecule has 0 spiro atoms. The van der Waals surface area contributed by atoms with Crippen molar-refractivity contribution in [1.29, 1.82) is 0 Å². The van der Waals surface area contributed by atoms with Crippen LogP contribution in [-0.4, -0.2) is 51.5 Å². The van der Waals surface area contributed by atoms with Gasteiger partial charge in [-0.05, 0) is 36.8 Å². The lowest BCUT2D eigenvalue weighted by Gasteiger charge is -2.36. The molecule has 4 atom stereocenters. The number of sulfonamides is 1. The maximum Gasteiger partial charge on any atom is 0.308 e. The molecule has 0 aliphatic carbocycles. The minimum absolute atomic E-state index is 0.0753. The number of rotatable bonds is 6. The van der Waals surface area contributed by atoms with Crippen molar-refractivity contribution < 1.29 is 32.5 Å². The highest BCUT2D eigenvalue weighted by atomic mass is 32.2. The molecular formula is C21H23NO7S. The Morgan fingerprint density at radius 3 is 2.70 bits per heavy atom. The van der Waals surface area contributed by atoms with Crippen LogP contribution < -0.4 is 9.46 Å². The van der Waals surface area contributed by atoms with Crippen LogP contribution in [0.15, 0.2) is 53.4 Å². The summed E-state index contributed by atoms with van der Waals surface area (Å²) in [4.78, 5) is 11.9. The van der Waals surface area contributed by atoms with Gasteiger partial charge in [0.15, 0.2) is 0 Å². The number of hydrogen-bond donors (Lipinski definition) is 2. The van der Waals surface area contributed by atoms with Gasteiger partial charge in [0, 0.05) is 17.2 Å². The van der Waals surface area contributed by atoms with Gasteiger partial charge in [0.2, 0.25) is 0 Å². The van der Waals surface area contributed by atoms with Gasteiger partial charge in [-0.25, -0.2) is 8.42 Å². The minimum Gasteiger partial charge on any atom is -0.487 e. The molecule has 0 unspecified atom stereocenters. The first-order chi connectivity index (χ1) is 14.4. The van der Waals surface area contributed by atoms with E-state index in [1.54, 1.807) is 36.4 Å². The van der Waals surface area contributed by atoms with Crippen LogP contribution in [0.2, 0.25) is 0 Å². The standard InChI is InChI=1S/C21H23NO7S/c1-27-20(24)11-14-10-17-16-9-13(22-30(25,26)15-5-3-2-4-6-15)7-8-18(16)29-21(17)19(12-23)28-14/h2-9,14,17,19,21-23H,10-12H2,1H3/t14-,17-,19-,21+/m1/s1. The summed E-state index contributed by atoms with van der Waals surface area (Å²) in [5, 5.41) is 9.75. The Kier molecular flexibility index (Phi) is 5.68. The Balaban J connectivity index is 1.59. The van der Waals surface area contributed by atoms with Gasteiger partial charge in [-0.15, -0.1) is 0 Å². The zero-order valence-corrected chi connectivity index (χ0v) is 17.2. The molecule has 1 fully saturated rings. The van der Waals surface area contributed by atoms with Crippen molar-refractivity contribution in [3.8, 4) is 5.75 Å². The maximum absolute atomic E-state index is 12.6. The van der Waals surface area contributed by atoms with E-state index in [1.807, 2.05) is 0 Å². The maximum atomic E-state index is 12.6. The quantitative estimate of drug-likeness (QED) is 0.671. The molecule has 2 aromatic rings. The Labute approximate surface area is 174 Å². The number of esters is 1. The molecule has 8 nitrogen and oxygen atoms in total. The summed E-state index contributed by atoms with van der Waals surface area (Å²) in [5.74, 6) is 0.0915. The Bertz CT molecular complexity index is 1020. The number of nitrogens with one attached hydrogen (secondary N) is 1. The van der Waals surface area contributed by atoms with Gasteiger partial charge in [0.1, 0.15) is 18.0 Å². The zero-order valence-electron chi connectivity index (χ0n) is 16.4. The Morgan fingerprint density at radius 1 is 1.23 bits per heavy atom. The number of carbonyl (C=O) groups is 1. The van der Waals surface area contributed by atoms with Gasteiger partial charge in [0.25, 0.3) is 10.0 Å². The largest absolute Gasteiger partial charge is 0.487 e. The van der Waals surface area contributed by atoms with E-state index in [4.69, 9.17) is 14.2 Å². The predicted octanol–water partition coefficient (Wildman–Crippen LogP) is 2.04. The first-order valence-electron chi connectivity index (χ1n) is 9.63. The molecule has 2 heterocycles. The topological polar surface area (TPSA) is 111 Å². The number of methoxy groups -OCH3 is 1. The van der Waals surface area contributed by atoms with Gasteiger partial charge in [-0.1, -0.05) is 18.2 Å². The molecule has 2 aromatic carbocycles. The average molecular weight is 433 g/mol. The van der Waals surface area contributed by atoms with Crippen LogP contribution in [0.4, 0.5) is 5.69 Å². The third kappa shape index (κ3) is 4.00. The number of aliphatic hydroxyl groups is 1. The summed E-state index contributed by atoms with van der Waals surface area (Å²) < 4.78 is 44.4. The molecule has 2 N–H and O–H groups in total. The number of benzene rings is 2.